The van der Waals surface area contributed by atoms with Crippen molar-refractivity contribution in [3.8, 4) is 0 Å². The van der Waals surface area contributed by atoms with E-state index in [1.807, 2.05) is 36.4 Å². The first kappa shape index (κ1) is 19.3. The Bertz CT molecular complexity index is 1120. The van der Waals surface area contributed by atoms with E-state index >= 15 is 0 Å². The first-order valence-corrected chi connectivity index (χ1v) is 9.44. The van der Waals surface area contributed by atoms with E-state index in [9.17, 15) is 4.79 Å². The Kier molecular flexibility index (Phi) is 5.82. The number of amides is 1. The lowest BCUT2D eigenvalue weighted by molar-refractivity contribution is 0.102. The van der Waals surface area contributed by atoms with Crippen molar-refractivity contribution in [1.82, 2.24) is 4.98 Å². The van der Waals surface area contributed by atoms with E-state index in [0.717, 1.165) is 31.7 Å². The Labute approximate surface area is 168 Å². The van der Waals surface area contributed by atoms with Gasteiger partial charge in [-0.1, -0.05) is 50.6 Å². The monoisotopic (exact) mass is 384 g/mol. The highest BCUT2D eigenvalue weighted by Gasteiger charge is 2.15. The van der Waals surface area contributed by atoms with Gasteiger partial charge in [0.2, 0.25) is 0 Å². The summed E-state index contributed by atoms with van der Waals surface area (Å²) in [6, 6.07) is 9.30. The summed E-state index contributed by atoms with van der Waals surface area (Å²) in [5.41, 5.74) is 3.87. The number of carbonyl (C=O) groups is 1. The number of carbonyl (C=O) groups excluding carboxylic acids is 1. The Morgan fingerprint density at radius 1 is 1.18 bits per heavy atom. The zero-order chi connectivity index (χ0) is 20.1. The van der Waals surface area contributed by atoms with Gasteiger partial charge >= 0.3 is 0 Å². The van der Waals surface area contributed by atoms with Crippen molar-refractivity contribution in [2.24, 2.45) is 0 Å². The fraction of sp³-hybridized carbons (Fsp3) is 0. The molecule has 3 nitrogen and oxygen atoms in total. The Balaban J connectivity index is 1.96. The van der Waals surface area contributed by atoms with Gasteiger partial charge in [-0.15, -0.1) is 11.3 Å². The molecule has 2 heterocycles. The molecular formula is C24H20N2OS. The predicted octanol–water partition coefficient (Wildman–Crippen LogP) is 6.50. The topological polar surface area (TPSA) is 42.0 Å². The average Bonchev–Trinajstić information content (AvgIpc) is 3.09. The molecule has 0 aliphatic heterocycles. The summed E-state index contributed by atoms with van der Waals surface area (Å²) in [5, 5.41) is 3.93. The quantitative estimate of drug-likeness (QED) is 0.472. The number of benzene rings is 1. The number of anilines is 1. The number of nitrogens with zero attached hydrogens (tertiary/aromatic N) is 1. The number of thiophene rings is 1. The number of pyridine rings is 1. The smallest absolute Gasteiger partial charge is 0.257 e. The van der Waals surface area contributed by atoms with Crippen LogP contribution in [0.1, 0.15) is 20.8 Å². The van der Waals surface area contributed by atoms with Crippen molar-refractivity contribution in [3.05, 3.63) is 109 Å². The van der Waals surface area contributed by atoms with E-state index in [0.29, 0.717) is 11.3 Å². The van der Waals surface area contributed by atoms with E-state index < -0.39 is 0 Å². The maximum atomic E-state index is 12.4. The van der Waals surface area contributed by atoms with E-state index in [2.05, 4.69) is 36.6 Å². The minimum atomic E-state index is -0.199. The largest absolute Gasteiger partial charge is 0.322 e. The van der Waals surface area contributed by atoms with Gasteiger partial charge in [0.25, 0.3) is 5.91 Å². The predicted molar refractivity (Wildman–Crippen MR) is 122 cm³/mol. The van der Waals surface area contributed by atoms with Gasteiger partial charge in [-0.05, 0) is 41.5 Å². The molecular weight excluding hydrogens is 364 g/mol. The van der Waals surface area contributed by atoms with Crippen molar-refractivity contribution >= 4 is 44.7 Å². The zero-order valence-electron chi connectivity index (χ0n) is 15.4. The lowest BCUT2D eigenvalue weighted by Gasteiger charge is -2.06. The molecule has 4 heteroatoms. The minimum Gasteiger partial charge on any atom is -0.322 e. The maximum absolute atomic E-state index is 12.4. The fourth-order valence-corrected chi connectivity index (χ4v) is 3.94. The molecule has 0 atom stereocenters. The number of hydrogen-bond acceptors (Lipinski definition) is 3. The number of allylic oxidation sites excluding steroid dienone is 5. The summed E-state index contributed by atoms with van der Waals surface area (Å²) in [4.78, 5) is 17.4. The standard InChI is InChI=1S/C24H20N2OS/c1-5-7-9-16(3)17(4)23-20(6-2)21-14-19(11-12-22(21)28-23)26-24(27)18-10-8-13-25-15-18/h5-15H,1-4H2,(H,26,27). The highest BCUT2D eigenvalue weighted by atomic mass is 32.1. The van der Waals surface area contributed by atoms with E-state index in [1.165, 1.54) is 6.20 Å². The van der Waals surface area contributed by atoms with Gasteiger partial charge in [0, 0.05) is 38.6 Å². The van der Waals surface area contributed by atoms with Crippen molar-refractivity contribution in [1.29, 1.82) is 0 Å². The van der Waals surface area contributed by atoms with Crippen LogP contribution in [-0.4, -0.2) is 10.9 Å². The summed E-state index contributed by atoms with van der Waals surface area (Å²) >= 11 is 1.63. The molecule has 0 aliphatic rings. The lowest BCUT2D eigenvalue weighted by atomic mass is 10.0. The molecule has 2 aromatic heterocycles. The van der Waals surface area contributed by atoms with Gasteiger partial charge in [0.1, 0.15) is 0 Å². The van der Waals surface area contributed by atoms with Crippen molar-refractivity contribution in [2.75, 3.05) is 5.32 Å². The molecule has 3 rings (SSSR count). The Morgan fingerprint density at radius 2 is 2.00 bits per heavy atom. The molecule has 138 valence electrons. The van der Waals surface area contributed by atoms with E-state index in [-0.39, 0.29) is 5.91 Å². The highest BCUT2D eigenvalue weighted by molar-refractivity contribution is 7.20. The Hall–Kier alpha value is -3.50. The fourth-order valence-electron chi connectivity index (χ4n) is 2.75. The van der Waals surface area contributed by atoms with E-state index in [1.54, 1.807) is 35.7 Å². The van der Waals surface area contributed by atoms with E-state index in [4.69, 9.17) is 0 Å². The second kappa shape index (κ2) is 8.46. The SMILES string of the molecule is C=CC=CC(=C)C(=C)c1sc2ccc(NC(=O)c3cccnc3)cc2c1C=C. The van der Waals surface area contributed by atoms with Crippen LogP contribution in [0.3, 0.4) is 0 Å². The molecule has 0 radical (unpaired) electrons. The number of aromatic nitrogens is 1. The molecule has 1 N–H and O–H groups in total. The van der Waals surface area contributed by atoms with Crippen LogP contribution in [-0.2, 0) is 0 Å². The molecule has 0 saturated carbocycles. The van der Waals surface area contributed by atoms with Gasteiger partial charge < -0.3 is 5.32 Å². The number of hydrogen-bond donors (Lipinski definition) is 1. The molecule has 0 fully saturated rings. The maximum Gasteiger partial charge on any atom is 0.257 e. The molecule has 28 heavy (non-hydrogen) atoms. The van der Waals surface area contributed by atoms with Crippen LogP contribution in [0.2, 0.25) is 0 Å². The van der Waals surface area contributed by atoms with Crippen LogP contribution in [0, 0.1) is 0 Å². The van der Waals surface area contributed by atoms with Crippen molar-refractivity contribution in [2.45, 2.75) is 0 Å². The second-order valence-corrected chi connectivity index (χ2v) is 7.11. The van der Waals surface area contributed by atoms with Crippen molar-refractivity contribution in [3.63, 3.8) is 0 Å². The third-order valence-electron chi connectivity index (χ3n) is 4.21. The summed E-state index contributed by atoms with van der Waals surface area (Å²) in [6.07, 6.45) is 10.4. The summed E-state index contributed by atoms with van der Waals surface area (Å²) in [7, 11) is 0. The van der Waals surface area contributed by atoms with Crippen LogP contribution in [0.25, 0.3) is 21.7 Å². The molecule has 0 spiro atoms. The third kappa shape index (κ3) is 3.92. The molecule has 1 aromatic carbocycles. The lowest BCUT2D eigenvalue weighted by Crippen LogP contribution is -2.11. The first-order chi connectivity index (χ1) is 13.5. The molecule has 0 aliphatic carbocycles. The van der Waals surface area contributed by atoms with Gasteiger partial charge in [0.15, 0.2) is 0 Å². The van der Waals surface area contributed by atoms with Crippen LogP contribution >= 0.6 is 11.3 Å². The third-order valence-corrected chi connectivity index (χ3v) is 5.45. The minimum absolute atomic E-state index is 0.199. The first-order valence-electron chi connectivity index (χ1n) is 8.63. The molecule has 0 saturated heterocycles. The molecule has 0 unspecified atom stereocenters. The molecule has 3 aromatic rings. The molecule has 0 bridgehead atoms. The summed E-state index contributed by atoms with van der Waals surface area (Å²) in [6.45, 7) is 15.9. The Morgan fingerprint density at radius 3 is 2.68 bits per heavy atom. The van der Waals surface area contributed by atoms with Crippen LogP contribution in [0.15, 0.2) is 92.8 Å². The normalized spacial score (nSPS) is 10.7. The summed E-state index contributed by atoms with van der Waals surface area (Å²) in [5.74, 6) is -0.199. The van der Waals surface area contributed by atoms with Crippen molar-refractivity contribution < 1.29 is 4.79 Å². The average molecular weight is 385 g/mol. The number of rotatable bonds is 7. The van der Waals surface area contributed by atoms with Crippen LogP contribution < -0.4 is 5.32 Å². The van der Waals surface area contributed by atoms with Crippen LogP contribution in [0.5, 0.6) is 0 Å². The van der Waals surface area contributed by atoms with Gasteiger partial charge in [-0.3, -0.25) is 9.78 Å². The summed E-state index contributed by atoms with van der Waals surface area (Å²) < 4.78 is 1.09. The second-order valence-electron chi connectivity index (χ2n) is 6.05. The molecule has 1 amide bonds. The van der Waals surface area contributed by atoms with Gasteiger partial charge in [-0.2, -0.15) is 0 Å². The van der Waals surface area contributed by atoms with Crippen LogP contribution in [0.4, 0.5) is 5.69 Å². The number of fused-ring (bicyclic) bond motifs is 1. The van der Waals surface area contributed by atoms with Gasteiger partial charge in [-0.25, -0.2) is 0 Å². The number of nitrogens with one attached hydrogen (secondary N) is 1. The van der Waals surface area contributed by atoms with Gasteiger partial charge in [0.05, 0.1) is 5.56 Å². The zero-order valence-corrected chi connectivity index (χ0v) is 16.3. The highest BCUT2D eigenvalue weighted by Crippen LogP contribution is 2.39.